The number of hydrogen-bond donors (Lipinski definition) is 4. The zero-order valence-electron chi connectivity index (χ0n) is 44.0. The number of carbonyl (C=O) groups is 1. The minimum Gasteiger partial charge on any atom is -0.479 e. The number of hydrogen-bond acceptors (Lipinski definition) is 22. The normalized spacial score (nSPS) is 28.4. The molecule has 0 unspecified atom stereocenters. The Hall–Kier alpha value is -6.34. The summed E-state index contributed by atoms with van der Waals surface area (Å²) >= 11 is 0. The molecular formula is C51H56N6O24S3. The highest BCUT2D eigenvalue weighted by molar-refractivity contribution is 7.81. The van der Waals surface area contributed by atoms with Gasteiger partial charge in [-0.1, -0.05) is 138 Å². The fraction of sp³-hybridized carbons (Fsp3) is 0.431. The van der Waals surface area contributed by atoms with Crippen LogP contribution >= 0.6 is 0 Å². The van der Waals surface area contributed by atoms with Crippen LogP contribution in [0.1, 0.15) is 22.3 Å². The minimum atomic E-state index is -5.74. The number of carboxylic acid groups (broad SMARTS) is 1. The lowest BCUT2D eigenvalue weighted by Gasteiger charge is -2.50. The first-order chi connectivity index (χ1) is 40.2. The molecule has 3 aliphatic heterocycles. The maximum atomic E-state index is 13.8. The number of methoxy groups -OCH3 is 1. The Morgan fingerprint density at radius 1 is 0.500 bits per heavy atom. The van der Waals surface area contributed by atoms with Gasteiger partial charge in [-0.2, -0.15) is 25.3 Å². The van der Waals surface area contributed by atoms with Crippen molar-refractivity contribution in [1.29, 1.82) is 0 Å². The van der Waals surface area contributed by atoms with Crippen molar-refractivity contribution < 1.29 is 109 Å². The predicted molar refractivity (Wildman–Crippen MR) is 285 cm³/mol. The van der Waals surface area contributed by atoms with E-state index in [0.717, 1.165) is 17.9 Å². The minimum absolute atomic E-state index is 0.230. The average molecular weight is 1230 g/mol. The van der Waals surface area contributed by atoms with Crippen molar-refractivity contribution in [3.63, 3.8) is 0 Å². The van der Waals surface area contributed by atoms with Crippen molar-refractivity contribution in [1.82, 2.24) is 0 Å². The number of nitrogens with zero attached hydrogens (tertiary/aromatic N) is 6. The van der Waals surface area contributed by atoms with Gasteiger partial charge in [0.05, 0.1) is 39.6 Å². The van der Waals surface area contributed by atoms with Gasteiger partial charge in [-0.15, -0.1) is 0 Å². The topological polar surface area (TPSA) is 418 Å². The lowest BCUT2D eigenvalue weighted by Crippen LogP contribution is -2.68. The Morgan fingerprint density at radius 3 is 1.44 bits per heavy atom. The number of fused-ring (bicyclic) bond motifs is 1. The molecule has 33 heteroatoms. The number of rotatable bonds is 28. The second-order valence-corrected chi connectivity index (χ2v) is 22.1. The summed E-state index contributed by atoms with van der Waals surface area (Å²) in [7, 11) is -15.2. The lowest BCUT2D eigenvalue weighted by molar-refractivity contribution is -0.365. The van der Waals surface area contributed by atoms with Crippen LogP contribution in [0.15, 0.2) is 144 Å². The van der Waals surface area contributed by atoms with Crippen molar-refractivity contribution in [3.8, 4) is 0 Å². The fourth-order valence-electron chi connectivity index (χ4n) is 9.61. The van der Waals surface area contributed by atoms with Crippen molar-refractivity contribution in [2.45, 2.75) is 118 Å². The van der Waals surface area contributed by atoms with E-state index in [-0.39, 0.29) is 19.8 Å². The summed E-state index contributed by atoms with van der Waals surface area (Å²) in [5.74, 6) is -1.91. The van der Waals surface area contributed by atoms with Gasteiger partial charge in [0, 0.05) is 16.9 Å². The molecule has 8 rings (SSSR count). The fourth-order valence-corrected chi connectivity index (χ4v) is 10.7. The van der Waals surface area contributed by atoms with Gasteiger partial charge in [-0.25, -0.2) is 17.3 Å². The van der Waals surface area contributed by atoms with Crippen molar-refractivity contribution >= 4 is 47.9 Å². The smallest absolute Gasteiger partial charge is 0.397 e. The summed E-state index contributed by atoms with van der Waals surface area (Å²) in [4.78, 5) is 19.7. The van der Waals surface area contributed by atoms with E-state index in [2.05, 4.69) is 24.2 Å². The molecule has 3 heterocycles. The Balaban J connectivity index is 1.23. The van der Waals surface area contributed by atoms with Crippen LogP contribution in [0.25, 0.3) is 31.7 Å². The van der Waals surface area contributed by atoms with Crippen LogP contribution in [-0.4, -0.2) is 162 Å². The van der Waals surface area contributed by atoms with Crippen LogP contribution in [0.4, 0.5) is 0 Å². The molecule has 30 nitrogen and oxygen atoms in total. The molecule has 4 N–H and O–H groups in total. The molecule has 0 saturated carbocycles. The standard InChI is InChI=1S/C51H56N6O24S3/c1-69-49-38(54-56-52)43(72-25-31-15-7-3-8-16-31)41(37(76-49)29-75-83(63,64)65)78-51-47(81-84(66,67)68)44(73-26-32-17-9-4-10-18-32)45(46(80-51)48(58)59)79-50-39(55-57-53)42(71-24-30-13-5-2-6-14-30)40(36(77-50)28-74-82(60,61)62)70-27-33-21-22-34-19-11-12-20-35(34)23-33/h2-23,36-47,49-51H,24-29H2,1H3,(H,58,59)(H,60,61,62)(H,63,64,65)(H,66,67,68)/t36-,37-,38-,39-,40-,41-,42-,43-,44+,45+,46-,47-,49+,50-,51-/m1/s1. The van der Waals surface area contributed by atoms with E-state index in [9.17, 15) is 59.9 Å². The van der Waals surface area contributed by atoms with Crippen molar-refractivity contribution in [2.75, 3.05) is 20.3 Å². The highest BCUT2D eigenvalue weighted by Crippen LogP contribution is 2.39. The summed E-state index contributed by atoms with van der Waals surface area (Å²) in [5, 5.41) is 20.6. The van der Waals surface area contributed by atoms with E-state index >= 15 is 0 Å². The molecular weight excluding hydrogens is 1180 g/mol. The zero-order valence-corrected chi connectivity index (χ0v) is 46.4. The molecule has 0 spiro atoms. The van der Waals surface area contributed by atoms with Crippen LogP contribution in [0, 0.1) is 0 Å². The van der Waals surface area contributed by atoms with Gasteiger partial charge in [-0.05, 0) is 50.2 Å². The Labute approximate surface area is 480 Å². The summed E-state index contributed by atoms with van der Waals surface area (Å²) in [6.45, 7) is -3.53. The Kier molecular flexibility index (Phi) is 22.1. The van der Waals surface area contributed by atoms with E-state index in [0.29, 0.717) is 22.3 Å². The summed E-state index contributed by atoms with van der Waals surface area (Å²) in [6.07, 6.45) is -25.7. The third-order valence-electron chi connectivity index (χ3n) is 13.3. The SMILES string of the molecule is CO[C@H]1O[C@H](COS(=O)(=O)O)[C@@H](O[C@@H]2O[C@@H](C(=O)O)[C@@H](O[C@H]3O[C@H](COS(=O)(=O)O)[C@@H](OCc4ccc5ccccc5c4)[C@H](OCc4ccccc4)[C@H]3N=[N+]=[N-])[C@H](OCc3ccccc3)[C@H]2OS(=O)(=O)O)[C@H](OCc2ccccc2)[C@H]1N=[N+]=[N-]. The Bertz CT molecular complexity index is 3430. The first kappa shape index (κ1) is 63.7. The van der Waals surface area contributed by atoms with Gasteiger partial charge in [0.25, 0.3) is 0 Å². The quantitative estimate of drug-likeness (QED) is 0.0212. The van der Waals surface area contributed by atoms with E-state index < -0.39 is 149 Å². The predicted octanol–water partition coefficient (Wildman–Crippen LogP) is 5.34. The maximum Gasteiger partial charge on any atom is 0.397 e. The molecule has 5 aromatic carbocycles. The second kappa shape index (κ2) is 29.2. The van der Waals surface area contributed by atoms with Crippen LogP contribution in [0.5, 0.6) is 0 Å². The third-order valence-corrected chi connectivity index (χ3v) is 14.6. The zero-order chi connectivity index (χ0) is 60.0. The largest absolute Gasteiger partial charge is 0.479 e. The molecule has 15 atom stereocenters. The molecule has 0 radical (unpaired) electrons. The number of carboxylic acids is 1. The molecule has 84 heavy (non-hydrogen) atoms. The highest BCUT2D eigenvalue weighted by atomic mass is 32.3. The number of ether oxygens (including phenoxy) is 10. The summed E-state index contributed by atoms with van der Waals surface area (Å²) in [5.41, 5.74) is 22.0. The molecule has 3 saturated heterocycles. The third kappa shape index (κ3) is 17.6. The van der Waals surface area contributed by atoms with Gasteiger partial charge in [-0.3, -0.25) is 13.7 Å². The lowest BCUT2D eigenvalue weighted by atomic mass is 9.94. The summed E-state index contributed by atoms with van der Waals surface area (Å²) < 4.78 is 182. The molecule has 0 bridgehead atoms. The molecule has 452 valence electrons. The maximum absolute atomic E-state index is 13.8. The molecule has 0 aromatic heterocycles. The van der Waals surface area contributed by atoms with Gasteiger partial charge >= 0.3 is 37.2 Å². The van der Waals surface area contributed by atoms with Gasteiger partial charge in [0.2, 0.25) is 0 Å². The van der Waals surface area contributed by atoms with Gasteiger partial charge in [0.1, 0.15) is 60.9 Å². The van der Waals surface area contributed by atoms with E-state index in [1.165, 1.54) is 0 Å². The van der Waals surface area contributed by atoms with Crippen molar-refractivity contribution in [2.24, 2.45) is 10.2 Å². The van der Waals surface area contributed by atoms with E-state index in [1.807, 2.05) is 36.4 Å². The first-order valence-corrected chi connectivity index (χ1v) is 29.4. The van der Waals surface area contributed by atoms with Crippen LogP contribution in [0.3, 0.4) is 0 Å². The molecule has 3 fully saturated rings. The first-order valence-electron chi connectivity index (χ1n) is 25.3. The Morgan fingerprint density at radius 2 is 0.940 bits per heavy atom. The number of aliphatic carboxylic acids is 1. The molecule has 0 aliphatic carbocycles. The van der Waals surface area contributed by atoms with E-state index in [1.54, 1.807) is 97.1 Å². The van der Waals surface area contributed by atoms with Crippen LogP contribution < -0.4 is 0 Å². The van der Waals surface area contributed by atoms with Crippen LogP contribution in [-0.2, 0) is 122 Å². The second-order valence-electron chi connectivity index (χ2n) is 18.8. The average Bonchev–Trinajstić information content (AvgIpc) is 1.77. The molecule has 3 aliphatic rings. The van der Waals surface area contributed by atoms with E-state index in [4.69, 9.17) is 55.7 Å². The highest BCUT2D eigenvalue weighted by Gasteiger charge is 2.59. The van der Waals surface area contributed by atoms with Crippen LogP contribution in [0.2, 0.25) is 0 Å². The molecule has 5 aromatic rings. The number of benzene rings is 5. The van der Waals surface area contributed by atoms with Gasteiger partial charge in [0.15, 0.2) is 31.1 Å². The monoisotopic (exact) mass is 1230 g/mol. The van der Waals surface area contributed by atoms with Gasteiger partial charge < -0.3 is 52.5 Å². The summed E-state index contributed by atoms with van der Waals surface area (Å²) in [6, 6.07) is 34.2. The molecule has 0 amide bonds. The van der Waals surface area contributed by atoms with Crippen molar-refractivity contribution in [3.05, 3.63) is 177 Å². The number of azide groups is 2.